The molecule has 0 aliphatic carbocycles. The van der Waals surface area contributed by atoms with E-state index in [1.54, 1.807) is 6.92 Å². The van der Waals surface area contributed by atoms with Crippen LogP contribution in [0.5, 0.6) is 0 Å². The van der Waals surface area contributed by atoms with Crippen molar-refractivity contribution in [1.82, 2.24) is 10.6 Å². The summed E-state index contributed by atoms with van der Waals surface area (Å²) in [6, 6.07) is 18.2. The van der Waals surface area contributed by atoms with E-state index in [0.29, 0.717) is 11.3 Å². The van der Waals surface area contributed by atoms with E-state index in [-0.39, 0.29) is 12.6 Å². The lowest BCUT2D eigenvalue weighted by Crippen LogP contribution is -2.50. The van der Waals surface area contributed by atoms with Gasteiger partial charge in [0.1, 0.15) is 0 Å². The number of carbonyl (C=O) groups is 2. The predicted molar refractivity (Wildman–Crippen MR) is 106 cm³/mol. The van der Waals surface area contributed by atoms with Crippen LogP contribution in [0.1, 0.15) is 25.0 Å². The van der Waals surface area contributed by atoms with Crippen LogP contribution in [-0.2, 0) is 9.53 Å². The van der Waals surface area contributed by atoms with E-state index in [4.69, 9.17) is 4.74 Å². The topological polar surface area (TPSA) is 67.4 Å². The summed E-state index contributed by atoms with van der Waals surface area (Å²) in [5, 5.41) is 5.62. The molecule has 3 rings (SSSR count). The monoisotopic (exact) mass is 362 g/mol. The van der Waals surface area contributed by atoms with Gasteiger partial charge in [-0.1, -0.05) is 66.7 Å². The van der Waals surface area contributed by atoms with Gasteiger partial charge >= 0.3 is 12.0 Å². The second-order valence-electron chi connectivity index (χ2n) is 6.21. The molecule has 1 aliphatic heterocycles. The van der Waals surface area contributed by atoms with Gasteiger partial charge in [0.2, 0.25) is 0 Å². The number of carbonyl (C=O) groups excluding carboxylic acids is 2. The maximum atomic E-state index is 12.8. The van der Waals surface area contributed by atoms with E-state index in [1.807, 2.05) is 73.7 Å². The number of amides is 2. The summed E-state index contributed by atoms with van der Waals surface area (Å²) in [6.07, 6.45) is 1.96. The molecule has 138 valence electrons. The lowest BCUT2D eigenvalue weighted by molar-refractivity contribution is -0.138. The Morgan fingerprint density at radius 1 is 1.07 bits per heavy atom. The molecule has 5 heteroatoms. The fourth-order valence-corrected chi connectivity index (χ4v) is 3.06. The maximum Gasteiger partial charge on any atom is 0.338 e. The number of hydrogen-bond donors (Lipinski definition) is 2. The van der Waals surface area contributed by atoms with E-state index in [0.717, 1.165) is 16.7 Å². The Labute approximate surface area is 158 Å². The molecule has 1 unspecified atom stereocenters. The van der Waals surface area contributed by atoms with E-state index >= 15 is 0 Å². The van der Waals surface area contributed by atoms with Crippen LogP contribution in [0.4, 0.5) is 4.79 Å². The van der Waals surface area contributed by atoms with Gasteiger partial charge in [0.15, 0.2) is 0 Å². The zero-order valence-corrected chi connectivity index (χ0v) is 15.4. The molecule has 27 heavy (non-hydrogen) atoms. The first kappa shape index (κ1) is 18.5. The lowest BCUT2D eigenvalue weighted by Gasteiger charge is -2.30. The van der Waals surface area contributed by atoms with Crippen molar-refractivity contribution < 1.29 is 14.3 Å². The Hall–Kier alpha value is -3.34. The van der Waals surface area contributed by atoms with Crippen LogP contribution in [0.2, 0.25) is 0 Å². The minimum atomic E-state index is -0.576. The summed E-state index contributed by atoms with van der Waals surface area (Å²) in [7, 11) is 0. The van der Waals surface area contributed by atoms with Gasteiger partial charge in [0, 0.05) is 0 Å². The van der Waals surface area contributed by atoms with Crippen molar-refractivity contribution in [2.45, 2.75) is 19.9 Å². The Kier molecular flexibility index (Phi) is 5.71. The second-order valence-corrected chi connectivity index (χ2v) is 6.21. The minimum absolute atomic E-state index is 0.256. The highest BCUT2D eigenvalue weighted by Gasteiger charge is 2.34. The molecule has 0 spiro atoms. The van der Waals surface area contributed by atoms with Crippen LogP contribution in [0.15, 0.2) is 71.8 Å². The van der Waals surface area contributed by atoms with Crippen molar-refractivity contribution in [2.75, 3.05) is 6.61 Å². The van der Waals surface area contributed by atoms with Crippen LogP contribution in [0, 0.1) is 0 Å². The van der Waals surface area contributed by atoms with Gasteiger partial charge in [-0.3, -0.25) is 0 Å². The molecular formula is C22H22N2O3. The number of urea groups is 1. The molecule has 5 nitrogen and oxygen atoms in total. The second kappa shape index (κ2) is 8.36. The van der Waals surface area contributed by atoms with Gasteiger partial charge in [-0.15, -0.1) is 0 Å². The third-order valence-electron chi connectivity index (χ3n) is 4.28. The first-order chi connectivity index (χ1) is 13.1. The highest BCUT2D eigenvalue weighted by molar-refractivity contribution is 6.05. The summed E-state index contributed by atoms with van der Waals surface area (Å²) >= 11 is 0. The fourth-order valence-electron chi connectivity index (χ4n) is 3.06. The molecule has 0 saturated carbocycles. The molecule has 2 aromatic carbocycles. The van der Waals surface area contributed by atoms with Gasteiger partial charge in [-0.2, -0.15) is 0 Å². The van der Waals surface area contributed by atoms with Gasteiger partial charge in [-0.25, -0.2) is 9.59 Å². The zero-order chi connectivity index (χ0) is 19.2. The average molecular weight is 362 g/mol. The lowest BCUT2D eigenvalue weighted by atomic mass is 9.92. The Bertz CT molecular complexity index is 886. The van der Waals surface area contributed by atoms with Crippen molar-refractivity contribution in [2.24, 2.45) is 0 Å². The largest absolute Gasteiger partial charge is 0.463 e. The third kappa shape index (κ3) is 4.26. The molecule has 2 amide bonds. The van der Waals surface area contributed by atoms with Crippen molar-refractivity contribution in [3.63, 3.8) is 0 Å². The van der Waals surface area contributed by atoms with Crippen LogP contribution < -0.4 is 10.6 Å². The molecule has 0 fully saturated rings. The SMILES string of the molecule is CCOC(=O)C1=C(c2ccccc2)NC(=O)NC1/C(C)=C/c1ccccc1. The molecule has 1 atom stereocenters. The van der Waals surface area contributed by atoms with Crippen LogP contribution in [0.3, 0.4) is 0 Å². The van der Waals surface area contributed by atoms with Crippen LogP contribution in [-0.4, -0.2) is 24.6 Å². The zero-order valence-electron chi connectivity index (χ0n) is 15.4. The maximum absolute atomic E-state index is 12.8. The number of rotatable bonds is 5. The number of hydrogen-bond acceptors (Lipinski definition) is 3. The summed E-state index contributed by atoms with van der Waals surface area (Å²) in [4.78, 5) is 25.1. The van der Waals surface area contributed by atoms with Crippen LogP contribution >= 0.6 is 0 Å². The van der Waals surface area contributed by atoms with Crippen LogP contribution in [0.25, 0.3) is 11.8 Å². The molecule has 2 N–H and O–H groups in total. The van der Waals surface area contributed by atoms with E-state index in [1.165, 1.54) is 0 Å². The normalized spacial score (nSPS) is 17.2. The molecule has 1 heterocycles. The standard InChI is InChI=1S/C22H22N2O3/c1-3-27-21(25)18-19(15(2)14-16-10-6-4-7-11-16)23-22(26)24-20(18)17-12-8-5-9-13-17/h4-14,19H,3H2,1-2H3,(H2,23,24,26)/b15-14+. The summed E-state index contributed by atoms with van der Waals surface area (Å²) in [5.41, 5.74) is 3.46. The molecule has 0 saturated heterocycles. The molecule has 2 aromatic rings. The molecular weight excluding hydrogens is 340 g/mol. The molecule has 0 bridgehead atoms. The molecule has 1 aliphatic rings. The highest BCUT2D eigenvalue weighted by atomic mass is 16.5. The van der Waals surface area contributed by atoms with Crippen molar-refractivity contribution in [3.8, 4) is 0 Å². The molecule has 0 aromatic heterocycles. The molecule has 0 radical (unpaired) electrons. The van der Waals surface area contributed by atoms with Gasteiger partial charge in [0.25, 0.3) is 0 Å². The van der Waals surface area contributed by atoms with Crippen molar-refractivity contribution in [3.05, 3.63) is 82.9 Å². The third-order valence-corrected chi connectivity index (χ3v) is 4.28. The summed E-state index contributed by atoms with van der Waals surface area (Å²) in [5.74, 6) is -0.449. The smallest absolute Gasteiger partial charge is 0.338 e. The highest BCUT2D eigenvalue weighted by Crippen LogP contribution is 2.27. The van der Waals surface area contributed by atoms with Gasteiger partial charge in [-0.05, 0) is 30.5 Å². The summed E-state index contributed by atoms with van der Waals surface area (Å²) in [6.45, 7) is 3.91. The minimum Gasteiger partial charge on any atom is -0.463 e. The Morgan fingerprint density at radius 3 is 2.33 bits per heavy atom. The first-order valence-corrected chi connectivity index (χ1v) is 8.87. The number of benzene rings is 2. The number of nitrogens with one attached hydrogen (secondary N) is 2. The van der Waals surface area contributed by atoms with Gasteiger partial charge in [0.05, 0.1) is 23.9 Å². The van der Waals surface area contributed by atoms with E-state index in [2.05, 4.69) is 10.6 Å². The quantitative estimate of drug-likeness (QED) is 0.796. The Balaban J connectivity index is 2.11. The average Bonchev–Trinajstić information content (AvgIpc) is 2.69. The predicted octanol–water partition coefficient (Wildman–Crippen LogP) is 3.75. The number of esters is 1. The van der Waals surface area contributed by atoms with Gasteiger partial charge < -0.3 is 15.4 Å². The summed E-state index contributed by atoms with van der Waals surface area (Å²) < 4.78 is 5.28. The van der Waals surface area contributed by atoms with E-state index < -0.39 is 12.0 Å². The first-order valence-electron chi connectivity index (χ1n) is 8.87. The van der Waals surface area contributed by atoms with Crippen molar-refractivity contribution >= 4 is 23.8 Å². The van der Waals surface area contributed by atoms with Crippen molar-refractivity contribution in [1.29, 1.82) is 0 Å². The van der Waals surface area contributed by atoms with E-state index in [9.17, 15) is 9.59 Å². The fraction of sp³-hybridized carbons (Fsp3) is 0.182. The Morgan fingerprint density at radius 2 is 1.70 bits per heavy atom. The number of ether oxygens (including phenoxy) is 1.